The van der Waals surface area contributed by atoms with Crippen LogP contribution in [0.2, 0.25) is 10.0 Å². The molecular formula is C15H17Cl2FN2O. The normalized spacial score (nSPS) is 14.2. The third-order valence-corrected chi connectivity index (χ3v) is 3.96. The molecule has 0 amide bonds. The summed E-state index contributed by atoms with van der Waals surface area (Å²) >= 11 is 11.8. The molecule has 0 spiro atoms. The van der Waals surface area contributed by atoms with E-state index in [1.807, 2.05) is 10.8 Å². The summed E-state index contributed by atoms with van der Waals surface area (Å²) in [4.78, 5) is 4.26. The van der Waals surface area contributed by atoms with Crippen molar-refractivity contribution >= 4 is 23.2 Å². The van der Waals surface area contributed by atoms with Gasteiger partial charge in [0.05, 0.1) is 10.6 Å². The smallest absolute Gasteiger partial charge is 0.142 e. The zero-order chi connectivity index (χ0) is 15.6. The van der Waals surface area contributed by atoms with Gasteiger partial charge < -0.3 is 9.67 Å². The van der Waals surface area contributed by atoms with Crippen molar-refractivity contribution in [2.75, 3.05) is 0 Å². The molecule has 1 atom stereocenters. The Morgan fingerprint density at radius 2 is 2.05 bits per heavy atom. The summed E-state index contributed by atoms with van der Waals surface area (Å²) in [6.07, 6.45) is 4.74. The first-order valence-electron chi connectivity index (χ1n) is 6.72. The topological polar surface area (TPSA) is 38.0 Å². The van der Waals surface area contributed by atoms with Crippen LogP contribution >= 0.6 is 23.2 Å². The zero-order valence-corrected chi connectivity index (χ0v) is 13.4. The third kappa shape index (κ3) is 3.57. The van der Waals surface area contributed by atoms with Gasteiger partial charge in [0.2, 0.25) is 0 Å². The van der Waals surface area contributed by atoms with E-state index in [0.717, 1.165) is 18.8 Å². The van der Waals surface area contributed by atoms with Gasteiger partial charge >= 0.3 is 0 Å². The highest BCUT2D eigenvalue weighted by Gasteiger charge is 2.29. The second-order valence-corrected chi connectivity index (χ2v) is 6.05. The van der Waals surface area contributed by atoms with Crippen LogP contribution in [0.4, 0.5) is 4.39 Å². The molecule has 114 valence electrons. The number of hydrogen-bond acceptors (Lipinski definition) is 2. The number of benzene rings is 1. The molecule has 21 heavy (non-hydrogen) atoms. The van der Waals surface area contributed by atoms with E-state index in [2.05, 4.69) is 11.9 Å². The van der Waals surface area contributed by atoms with Crippen LogP contribution in [0.5, 0.6) is 0 Å². The van der Waals surface area contributed by atoms with Gasteiger partial charge in [-0.25, -0.2) is 9.37 Å². The molecule has 0 aliphatic rings. The zero-order valence-electron chi connectivity index (χ0n) is 11.9. The van der Waals surface area contributed by atoms with E-state index in [0.29, 0.717) is 5.56 Å². The number of aromatic nitrogens is 2. The van der Waals surface area contributed by atoms with Gasteiger partial charge in [0.15, 0.2) is 0 Å². The van der Waals surface area contributed by atoms with Crippen LogP contribution in [0.25, 0.3) is 0 Å². The van der Waals surface area contributed by atoms with Gasteiger partial charge in [-0.1, -0.05) is 30.1 Å². The summed E-state index contributed by atoms with van der Waals surface area (Å²) < 4.78 is 15.6. The molecule has 0 saturated carbocycles. The van der Waals surface area contributed by atoms with Crippen LogP contribution in [0.1, 0.15) is 31.7 Å². The summed E-state index contributed by atoms with van der Waals surface area (Å²) in [5.41, 5.74) is -1.03. The van der Waals surface area contributed by atoms with Gasteiger partial charge in [-0.2, -0.15) is 0 Å². The van der Waals surface area contributed by atoms with E-state index >= 15 is 0 Å². The van der Waals surface area contributed by atoms with Crippen LogP contribution in [-0.4, -0.2) is 14.7 Å². The molecule has 2 rings (SSSR count). The number of aryl methyl sites for hydroxylation is 1. The molecule has 6 heteroatoms. The number of imidazole rings is 1. The van der Waals surface area contributed by atoms with E-state index < -0.39 is 11.4 Å². The average molecular weight is 331 g/mol. The largest absolute Gasteiger partial charge is 0.385 e. The Morgan fingerprint density at radius 3 is 2.71 bits per heavy atom. The first kappa shape index (κ1) is 16.3. The molecule has 1 unspecified atom stereocenters. The van der Waals surface area contributed by atoms with Gasteiger partial charge in [-0.3, -0.25) is 0 Å². The molecule has 0 radical (unpaired) electrons. The van der Waals surface area contributed by atoms with Crippen LogP contribution in [-0.2, 0) is 18.6 Å². The van der Waals surface area contributed by atoms with Crippen molar-refractivity contribution < 1.29 is 9.50 Å². The molecule has 2 aromatic rings. The van der Waals surface area contributed by atoms with Crippen LogP contribution in [0.15, 0.2) is 24.5 Å². The van der Waals surface area contributed by atoms with Crippen molar-refractivity contribution in [1.29, 1.82) is 0 Å². The van der Waals surface area contributed by atoms with Gasteiger partial charge in [0.1, 0.15) is 11.6 Å². The fourth-order valence-corrected chi connectivity index (χ4v) is 2.88. The van der Waals surface area contributed by atoms with E-state index in [1.54, 1.807) is 13.1 Å². The Balaban J connectivity index is 2.33. The van der Waals surface area contributed by atoms with E-state index in [-0.39, 0.29) is 16.5 Å². The minimum atomic E-state index is -1.33. The minimum Gasteiger partial charge on any atom is -0.385 e. The molecule has 0 aliphatic carbocycles. The Labute approximate surface area is 133 Å². The molecule has 1 N–H and O–H groups in total. The molecular weight excluding hydrogens is 314 g/mol. The summed E-state index contributed by atoms with van der Waals surface area (Å²) in [7, 11) is 0. The Bertz CT molecular complexity index is 641. The van der Waals surface area contributed by atoms with Gasteiger partial charge in [-0.15, -0.1) is 0 Å². The summed E-state index contributed by atoms with van der Waals surface area (Å²) in [5.74, 6) is 0.126. The predicted octanol–water partition coefficient (Wildman–Crippen LogP) is 4.19. The second kappa shape index (κ2) is 6.34. The molecule has 1 heterocycles. The van der Waals surface area contributed by atoms with Crippen molar-refractivity contribution in [3.05, 3.63) is 51.8 Å². The number of halogens is 3. The van der Waals surface area contributed by atoms with Gasteiger partial charge in [0.25, 0.3) is 0 Å². The first-order valence-corrected chi connectivity index (χ1v) is 7.48. The Kier molecular flexibility index (Phi) is 4.91. The highest BCUT2D eigenvalue weighted by Crippen LogP contribution is 2.34. The number of nitrogens with zero attached hydrogens (tertiary/aromatic N) is 2. The summed E-state index contributed by atoms with van der Waals surface area (Å²) in [5, 5.41) is 10.9. The van der Waals surface area contributed by atoms with Gasteiger partial charge in [-0.05, 0) is 25.5 Å². The van der Waals surface area contributed by atoms with Crippen LogP contribution < -0.4 is 0 Å². The lowest BCUT2D eigenvalue weighted by Gasteiger charge is -2.25. The molecule has 0 fully saturated rings. The minimum absolute atomic E-state index is 0.0629. The van der Waals surface area contributed by atoms with Crippen molar-refractivity contribution in [2.24, 2.45) is 0 Å². The highest BCUT2D eigenvalue weighted by atomic mass is 35.5. The first-order chi connectivity index (χ1) is 9.85. The number of hydrogen-bond donors (Lipinski definition) is 1. The quantitative estimate of drug-likeness (QED) is 0.835. The van der Waals surface area contributed by atoms with E-state index in [1.165, 1.54) is 12.1 Å². The third-order valence-electron chi connectivity index (χ3n) is 3.36. The van der Waals surface area contributed by atoms with Gasteiger partial charge in [0, 0.05) is 35.9 Å². The number of rotatable bonds is 5. The lowest BCUT2D eigenvalue weighted by atomic mass is 9.92. The SMILES string of the molecule is CCCn1ccnc1CC(C)(O)c1cc(F)c(Cl)cc1Cl. The van der Waals surface area contributed by atoms with Crippen molar-refractivity contribution in [1.82, 2.24) is 9.55 Å². The van der Waals surface area contributed by atoms with E-state index in [4.69, 9.17) is 23.2 Å². The average Bonchev–Trinajstić information content (AvgIpc) is 2.81. The molecule has 3 nitrogen and oxygen atoms in total. The Hall–Kier alpha value is -1.10. The second-order valence-electron chi connectivity index (χ2n) is 5.23. The molecule has 1 aromatic heterocycles. The molecule has 0 bridgehead atoms. The maximum absolute atomic E-state index is 13.6. The number of aliphatic hydroxyl groups is 1. The van der Waals surface area contributed by atoms with Crippen molar-refractivity contribution in [3.63, 3.8) is 0 Å². The highest BCUT2D eigenvalue weighted by molar-refractivity contribution is 6.35. The molecule has 0 aliphatic heterocycles. The summed E-state index contributed by atoms with van der Waals surface area (Å²) in [6, 6.07) is 2.48. The van der Waals surface area contributed by atoms with Crippen molar-refractivity contribution in [3.8, 4) is 0 Å². The monoisotopic (exact) mass is 330 g/mol. The lowest BCUT2D eigenvalue weighted by molar-refractivity contribution is 0.0543. The van der Waals surface area contributed by atoms with Crippen LogP contribution in [0, 0.1) is 5.82 Å². The maximum Gasteiger partial charge on any atom is 0.142 e. The summed E-state index contributed by atoms with van der Waals surface area (Å²) in [6.45, 7) is 4.47. The molecule has 1 aromatic carbocycles. The van der Waals surface area contributed by atoms with E-state index in [9.17, 15) is 9.50 Å². The van der Waals surface area contributed by atoms with Crippen LogP contribution in [0.3, 0.4) is 0 Å². The fourth-order valence-electron chi connectivity index (χ4n) is 2.29. The Morgan fingerprint density at radius 1 is 1.33 bits per heavy atom. The lowest BCUT2D eigenvalue weighted by Crippen LogP contribution is -2.27. The van der Waals surface area contributed by atoms with Crippen molar-refractivity contribution in [2.45, 2.75) is 38.8 Å². The fraction of sp³-hybridized carbons (Fsp3) is 0.400. The maximum atomic E-state index is 13.6. The molecule has 0 saturated heterocycles. The standard InChI is InChI=1S/C15H17Cl2FN2O/c1-3-5-20-6-4-19-14(20)9-15(2,21)10-7-13(18)12(17)8-11(10)16/h4,6-8,21H,3,5,9H2,1-2H3. The predicted molar refractivity (Wildman–Crippen MR) is 82.2 cm³/mol.